The summed E-state index contributed by atoms with van der Waals surface area (Å²) in [6, 6.07) is 8.82. The number of benzene rings is 1. The minimum absolute atomic E-state index is 0.325. The maximum absolute atomic E-state index is 13.3. The average Bonchev–Trinajstić information content (AvgIpc) is 3.14. The third kappa shape index (κ3) is 3.16. The van der Waals surface area contributed by atoms with Crippen molar-refractivity contribution in [3.63, 3.8) is 0 Å². The van der Waals surface area contributed by atoms with E-state index >= 15 is 0 Å². The number of nitrogens with two attached hydrogens (primary N) is 1. The van der Waals surface area contributed by atoms with E-state index in [-0.39, 0.29) is 0 Å². The number of hydrogen-bond acceptors (Lipinski definition) is 6. The fraction of sp³-hybridized carbons (Fsp3) is 0.300. The van der Waals surface area contributed by atoms with Gasteiger partial charge in [-0.25, -0.2) is 4.98 Å². The Morgan fingerprint density at radius 2 is 2.00 bits per heavy atom. The minimum Gasteiger partial charge on any atom is -0.398 e. The Balaban J connectivity index is 1.69. The third-order valence-electron chi connectivity index (χ3n) is 5.28. The monoisotopic (exact) mass is 377 g/mol. The zero-order valence-electron chi connectivity index (χ0n) is 15.5. The molecule has 0 bridgehead atoms. The second kappa shape index (κ2) is 7.27. The van der Waals surface area contributed by atoms with E-state index in [0.717, 1.165) is 48.6 Å². The predicted molar refractivity (Wildman–Crippen MR) is 104 cm³/mol. The van der Waals surface area contributed by atoms with Crippen molar-refractivity contribution in [1.29, 1.82) is 5.26 Å². The topological polar surface area (TPSA) is 96.7 Å². The van der Waals surface area contributed by atoms with Crippen molar-refractivity contribution in [3.8, 4) is 17.2 Å². The second-order valence-electron chi connectivity index (χ2n) is 6.97. The molecule has 0 radical (unpaired) electrons. The number of aromatic nitrogens is 4. The van der Waals surface area contributed by atoms with E-state index < -0.39 is 5.95 Å². The van der Waals surface area contributed by atoms with Crippen molar-refractivity contribution in [2.45, 2.75) is 18.8 Å². The number of halogens is 1. The number of piperidine rings is 1. The first-order chi connectivity index (χ1) is 13.6. The maximum Gasteiger partial charge on any atom is 0.212 e. The lowest BCUT2D eigenvalue weighted by Crippen LogP contribution is -2.34. The Labute approximate surface area is 162 Å². The number of rotatable bonds is 3. The first kappa shape index (κ1) is 17.9. The maximum atomic E-state index is 13.3. The van der Waals surface area contributed by atoms with Crippen LogP contribution in [-0.2, 0) is 7.05 Å². The van der Waals surface area contributed by atoms with Gasteiger partial charge in [-0.3, -0.25) is 0 Å². The van der Waals surface area contributed by atoms with E-state index in [2.05, 4.69) is 26.2 Å². The molecule has 28 heavy (non-hydrogen) atoms. The Hall–Kier alpha value is -3.47. The average molecular weight is 377 g/mol. The van der Waals surface area contributed by atoms with Crippen LogP contribution in [0.15, 0.2) is 36.8 Å². The molecule has 3 heterocycles. The molecule has 2 N–H and O–H groups in total. The fourth-order valence-corrected chi connectivity index (χ4v) is 3.84. The number of hydrogen-bond donors (Lipinski definition) is 1. The number of nitrogens with zero attached hydrogens (tertiary/aromatic N) is 6. The van der Waals surface area contributed by atoms with Gasteiger partial charge in [0.25, 0.3) is 0 Å². The molecule has 1 aliphatic rings. The molecule has 142 valence electrons. The zero-order chi connectivity index (χ0) is 19.7. The van der Waals surface area contributed by atoms with Gasteiger partial charge < -0.3 is 15.2 Å². The molecular weight excluding hydrogens is 357 g/mol. The molecule has 0 atom stereocenters. The molecular formula is C20H20FN7. The van der Waals surface area contributed by atoms with Gasteiger partial charge in [0.15, 0.2) is 0 Å². The van der Waals surface area contributed by atoms with E-state index in [1.54, 1.807) is 18.5 Å². The SMILES string of the molecule is Cn1cnnc1C1CCN(c2c(-c3ccc(F)nc3)ccc(N)c2C#N)CC1. The molecule has 1 saturated heterocycles. The van der Waals surface area contributed by atoms with Gasteiger partial charge in [-0.1, -0.05) is 6.07 Å². The van der Waals surface area contributed by atoms with Crippen LogP contribution in [0.1, 0.15) is 30.1 Å². The molecule has 0 amide bonds. The molecule has 2 aromatic heterocycles. The minimum atomic E-state index is -0.536. The summed E-state index contributed by atoms with van der Waals surface area (Å²) in [4.78, 5) is 5.94. The van der Waals surface area contributed by atoms with Crippen LogP contribution in [0.5, 0.6) is 0 Å². The van der Waals surface area contributed by atoms with Crippen LogP contribution in [0.3, 0.4) is 0 Å². The molecule has 8 heteroatoms. The number of nitriles is 1. The molecule has 7 nitrogen and oxygen atoms in total. The summed E-state index contributed by atoms with van der Waals surface area (Å²) in [5.74, 6) is 0.771. The first-order valence-corrected chi connectivity index (χ1v) is 9.12. The van der Waals surface area contributed by atoms with Crippen LogP contribution in [0.4, 0.5) is 15.8 Å². The van der Waals surface area contributed by atoms with Crippen molar-refractivity contribution >= 4 is 11.4 Å². The summed E-state index contributed by atoms with van der Waals surface area (Å²) in [6.07, 6.45) is 4.99. The summed E-state index contributed by atoms with van der Waals surface area (Å²) in [5.41, 5.74) is 9.33. The fourth-order valence-electron chi connectivity index (χ4n) is 3.84. The predicted octanol–water partition coefficient (Wildman–Crippen LogP) is 2.85. The van der Waals surface area contributed by atoms with Gasteiger partial charge in [0.2, 0.25) is 5.95 Å². The van der Waals surface area contributed by atoms with Gasteiger partial charge in [-0.15, -0.1) is 10.2 Å². The Kier molecular flexibility index (Phi) is 4.65. The Bertz CT molecular complexity index is 1030. The lowest BCUT2D eigenvalue weighted by atomic mass is 9.93. The quantitative estimate of drug-likeness (QED) is 0.557. The highest BCUT2D eigenvalue weighted by molar-refractivity contribution is 5.87. The number of aryl methyl sites for hydroxylation is 1. The largest absolute Gasteiger partial charge is 0.398 e. The molecule has 4 rings (SSSR count). The van der Waals surface area contributed by atoms with E-state index in [1.807, 2.05) is 17.7 Å². The second-order valence-corrected chi connectivity index (χ2v) is 6.97. The van der Waals surface area contributed by atoms with Crippen molar-refractivity contribution in [2.24, 2.45) is 7.05 Å². The van der Waals surface area contributed by atoms with Crippen LogP contribution >= 0.6 is 0 Å². The Morgan fingerprint density at radius 1 is 1.21 bits per heavy atom. The normalized spacial score (nSPS) is 14.8. The molecule has 1 fully saturated rings. The molecule has 1 aromatic carbocycles. The van der Waals surface area contributed by atoms with Crippen LogP contribution in [-0.4, -0.2) is 32.8 Å². The summed E-state index contributed by atoms with van der Waals surface area (Å²) < 4.78 is 15.2. The summed E-state index contributed by atoms with van der Waals surface area (Å²) in [7, 11) is 1.95. The van der Waals surface area contributed by atoms with Gasteiger partial charge >= 0.3 is 0 Å². The van der Waals surface area contributed by atoms with Gasteiger partial charge in [0.1, 0.15) is 18.2 Å². The summed E-state index contributed by atoms with van der Waals surface area (Å²) >= 11 is 0. The van der Waals surface area contributed by atoms with Gasteiger partial charge in [-0.2, -0.15) is 9.65 Å². The molecule has 0 aliphatic carbocycles. The molecule has 0 unspecified atom stereocenters. The standard InChI is InChI=1S/C20H20FN7/c1-27-12-25-26-20(27)13-6-8-28(9-7-13)19-15(3-4-17(23)16(19)10-22)14-2-5-18(21)24-11-14/h2-5,11-13H,6-9,23H2,1H3. The van der Waals surface area contributed by atoms with Crippen LogP contribution < -0.4 is 10.6 Å². The Morgan fingerprint density at radius 3 is 2.61 bits per heavy atom. The van der Waals surface area contributed by atoms with Crippen molar-refractivity contribution in [3.05, 3.63) is 54.1 Å². The van der Waals surface area contributed by atoms with Crippen molar-refractivity contribution < 1.29 is 4.39 Å². The molecule has 1 aliphatic heterocycles. The van der Waals surface area contributed by atoms with Gasteiger partial charge in [-0.05, 0) is 31.0 Å². The van der Waals surface area contributed by atoms with Crippen LogP contribution in [0, 0.1) is 17.3 Å². The lowest BCUT2D eigenvalue weighted by molar-refractivity contribution is 0.474. The highest BCUT2D eigenvalue weighted by atomic mass is 19.1. The molecule has 0 saturated carbocycles. The summed E-state index contributed by atoms with van der Waals surface area (Å²) in [5, 5.41) is 17.9. The van der Waals surface area contributed by atoms with E-state index in [9.17, 15) is 9.65 Å². The van der Waals surface area contributed by atoms with Crippen LogP contribution in [0.25, 0.3) is 11.1 Å². The molecule has 0 spiro atoms. The highest BCUT2D eigenvalue weighted by Gasteiger charge is 2.27. The van der Waals surface area contributed by atoms with Crippen molar-refractivity contribution in [1.82, 2.24) is 19.7 Å². The van der Waals surface area contributed by atoms with Gasteiger partial charge in [0, 0.05) is 43.4 Å². The van der Waals surface area contributed by atoms with Gasteiger partial charge in [0.05, 0.1) is 16.9 Å². The van der Waals surface area contributed by atoms with Crippen molar-refractivity contribution in [2.75, 3.05) is 23.7 Å². The number of nitrogen functional groups attached to an aromatic ring is 1. The first-order valence-electron chi connectivity index (χ1n) is 9.12. The highest BCUT2D eigenvalue weighted by Crippen LogP contribution is 2.39. The van der Waals surface area contributed by atoms with E-state index in [1.165, 1.54) is 12.3 Å². The lowest BCUT2D eigenvalue weighted by Gasteiger charge is -2.35. The zero-order valence-corrected chi connectivity index (χ0v) is 15.5. The number of anilines is 2. The number of pyridine rings is 1. The molecule has 3 aromatic rings. The van der Waals surface area contributed by atoms with Crippen LogP contribution in [0.2, 0.25) is 0 Å². The third-order valence-corrected chi connectivity index (χ3v) is 5.28. The smallest absolute Gasteiger partial charge is 0.212 e. The van der Waals surface area contributed by atoms with E-state index in [4.69, 9.17) is 5.73 Å². The summed E-state index contributed by atoms with van der Waals surface area (Å²) in [6.45, 7) is 1.52. The van der Waals surface area contributed by atoms with E-state index in [0.29, 0.717) is 17.2 Å².